The monoisotopic (exact) mass is 809 g/mol. The van der Waals surface area contributed by atoms with Crippen LogP contribution in [0.1, 0.15) is 220 Å². The van der Waals surface area contributed by atoms with Gasteiger partial charge in [0.2, 0.25) is 0 Å². The molecule has 0 amide bonds. The topological polar surface area (TPSA) is 78.9 Å². The fraction of sp³-hybridized carbons (Fsp3) is 0.712. The Hall–Kier alpha value is -3.15. The standard InChI is InChI=1S/C52H88O6/c1-4-7-10-13-16-19-22-25-28-30-33-36-39-42-45-51(54)57-48-49(58-52(55)46-43-40-37-34-31-27-24-21-18-15-12-9-6-3)47-56-50(53)44-41-38-35-32-29-26-23-20-17-14-11-8-5-2/h9,11-12,14,18,20-23,25,27,31,49H,4-8,10,13,15-17,19,24,26,28-30,32-48H2,1-3H3/b12-9-,14-11-,21-18-,23-20-,25-22-,31-27-. The Labute approximate surface area is 357 Å². The average molecular weight is 809 g/mol. The summed E-state index contributed by atoms with van der Waals surface area (Å²) in [6.45, 7) is 6.39. The second-order valence-corrected chi connectivity index (χ2v) is 15.6. The predicted molar refractivity (Wildman–Crippen MR) is 247 cm³/mol. The number of ether oxygens (including phenoxy) is 3. The van der Waals surface area contributed by atoms with E-state index in [9.17, 15) is 14.4 Å². The number of carbonyl (C=O) groups is 3. The zero-order valence-electron chi connectivity index (χ0n) is 37.8. The first-order chi connectivity index (χ1) is 28.5. The van der Waals surface area contributed by atoms with Crippen molar-refractivity contribution >= 4 is 17.9 Å². The molecular weight excluding hydrogens is 721 g/mol. The van der Waals surface area contributed by atoms with E-state index in [1.807, 2.05) is 0 Å². The van der Waals surface area contributed by atoms with Crippen LogP contribution >= 0.6 is 0 Å². The number of esters is 3. The second kappa shape index (κ2) is 46.5. The van der Waals surface area contributed by atoms with Crippen LogP contribution in [0.25, 0.3) is 0 Å². The van der Waals surface area contributed by atoms with Crippen LogP contribution in [0.2, 0.25) is 0 Å². The summed E-state index contributed by atoms with van der Waals surface area (Å²) in [5.74, 6) is -0.953. The van der Waals surface area contributed by atoms with Gasteiger partial charge in [-0.25, -0.2) is 0 Å². The van der Waals surface area contributed by atoms with Crippen molar-refractivity contribution in [2.24, 2.45) is 0 Å². The molecule has 0 aromatic carbocycles. The summed E-state index contributed by atoms with van der Waals surface area (Å²) in [7, 11) is 0. The smallest absolute Gasteiger partial charge is 0.306 e. The molecule has 0 rings (SSSR count). The predicted octanol–water partition coefficient (Wildman–Crippen LogP) is 15.5. The Balaban J connectivity index is 4.46. The molecule has 0 saturated heterocycles. The van der Waals surface area contributed by atoms with Gasteiger partial charge in [-0.15, -0.1) is 0 Å². The van der Waals surface area contributed by atoms with Crippen molar-refractivity contribution in [1.29, 1.82) is 0 Å². The first-order valence-corrected chi connectivity index (χ1v) is 23.9. The fourth-order valence-electron chi connectivity index (χ4n) is 6.31. The van der Waals surface area contributed by atoms with Gasteiger partial charge >= 0.3 is 17.9 Å². The zero-order valence-corrected chi connectivity index (χ0v) is 37.8. The highest BCUT2D eigenvalue weighted by molar-refractivity contribution is 5.71. The third-order valence-corrected chi connectivity index (χ3v) is 9.90. The molecule has 0 N–H and O–H groups in total. The van der Waals surface area contributed by atoms with E-state index >= 15 is 0 Å². The second-order valence-electron chi connectivity index (χ2n) is 15.6. The van der Waals surface area contributed by atoms with Crippen molar-refractivity contribution in [2.75, 3.05) is 13.2 Å². The van der Waals surface area contributed by atoms with E-state index in [1.54, 1.807) is 0 Å². The average Bonchev–Trinajstić information content (AvgIpc) is 3.22. The highest BCUT2D eigenvalue weighted by atomic mass is 16.6. The number of rotatable bonds is 42. The van der Waals surface area contributed by atoms with Gasteiger partial charge < -0.3 is 14.2 Å². The quantitative estimate of drug-likeness (QED) is 0.0264. The Kier molecular flexibility index (Phi) is 44.0. The lowest BCUT2D eigenvalue weighted by Crippen LogP contribution is -2.30. The minimum absolute atomic E-state index is 0.0968. The molecule has 0 fully saturated rings. The van der Waals surface area contributed by atoms with Crippen molar-refractivity contribution in [1.82, 2.24) is 0 Å². The lowest BCUT2D eigenvalue weighted by molar-refractivity contribution is -0.167. The normalized spacial score (nSPS) is 12.7. The van der Waals surface area contributed by atoms with E-state index in [1.165, 1.54) is 57.8 Å². The minimum Gasteiger partial charge on any atom is -0.462 e. The van der Waals surface area contributed by atoms with Crippen LogP contribution in [-0.2, 0) is 28.6 Å². The van der Waals surface area contributed by atoms with Crippen LogP contribution < -0.4 is 0 Å². The molecule has 0 bridgehead atoms. The van der Waals surface area contributed by atoms with Gasteiger partial charge in [0.25, 0.3) is 0 Å². The third-order valence-electron chi connectivity index (χ3n) is 9.90. The molecule has 0 aliphatic carbocycles. The minimum atomic E-state index is -0.798. The highest BCUT2D eigenvalue weighted by Crippen LogP contribution is 2.13. The maximum atomic E-state index is 12.7. The number of allylic oxidation sites excluding steroid dienone is 12. The lowest BCUT2D eigenvalue weighted by atomic mass is 10.1. The van der Waals surface area contributed by atoms with Gasteiger partial charge in [-0.1, -0.05) is 171 Å². The first kappa shape index (κ1) is 54.9. The third kappa shape index (κ3) is 44.0. The lowest BCUT2D eigenvalue weighted by Gasteiger charge is -2.18. The number of hydrogen-bond acceptors (Lipinski definition) is 6. The molecule has 1 atom stereocenters. The SMILES string of the molecule is CC/C=C\C/C=C\C/C=C\CCCCCC(=O)OC(COC(=O)CCCCCCC/C=C\C/C=C\CCC)COC(=O)CCCCCCC/C=C\CCCCCCC. The molecule has 0 aliphatic rings. The summed E-state index contributed by atoms with van der Waals surface area (Å²) >= 11 is 0. The molecule has 58 heavy (non-hydrogen) atoms. The van der Waals surface area contributed by atoms with Gasteiger partial charge in [0.05, 0.1) is 0 Å². The molecule has 0 spiro atoms. The first-order valence-electron chi connectivity index (χ1n) is 23.9. The maximum absolute atomic E-state index is 12.7. The van der Waals surface area contributed by atoms with Gasteiger partial charge in [-0.05, 0) is 103 Å². The zero-order chi connectivity index (χ0) is 42.3. The Morgan fingerprint density at radius 3 is 1.16 bits per heavy atom. The van der Waals surface area contributed by atoms with Crippen LogP contribution in [-0.4, -0.2) is 37.2 Å². The van der Waals surface area contributed by atoms with Crippen LogP contribution in [0.3, 0.4) is 0 Å². The van der Waals surface area contributed by atoms with Crippen LogP contribution in [0.15, 0.2) is 72.9 Å². The molecule has 0 aromatic heterocycles. The van der Waals surface area contributed by atoms with Gasteiger partial charge in [-0.2, -0.15) is 0 Å². The summed E-state index contributed by atoms with van der Waals surface area (Å²) in [5, 5.41) is 0. The van der Waals surface area contributed by atoms with Crippen molar-refractivity contribution in [3.8, 4) is 0 Å². The molecule has 6 heteroatoms. The van der Waals surface area contributed by atoms with E-state index in [2.05, 4.69) is 93.7 Å². The molecule has 0 radical (unpaired) electrons. The van der Waals surface area contributed by atoms with Gasteiger partial charge in [0.15, 0.2) is 6.10 Å². The molecule has 1 unspecified atom stereocenters. The number of carbonyl (C=O) groups excluding carboxylic acids is 3. The van der Waals surface area contributed by atoms with Crippen molar-refractivity contribution in [3.63, 3.8) is 0 Å². The molecule has 0 aromatic rings. The Morgan fingerprint density at radius 1 is 0.362 bits per heavy atom. The van der Waals surface area contributed by atoms with Gasteiger partial charge in [0.1, 0.15) is 13.2 Å². The van der Waals surface area contributed by atoms with Crippen molar-refractivity contribution in [2.45, 2.75) is 226 Å². The van der Waals surface area contributed by atoms with Crippen molar-refractivity contribution < 1.29 is 28.6 Å². The van der Waals surface area contributed by atoms with E-state index in [4.69, 9.17) is 14.2 Å². The molecule has 6 nitrogen and oxygen atoms in total. The summed E-state index contributed by atoms with van der Waals surface area (Å²) in [4.78, 5) is 37.8. The Morgan fingerprint density at radius 2 is 0.707 bits per heavy atom. The summed E-state index contributed by atoms with van der Waals surface area (Å²) in [6, 6.07) is 0. The molecule has 332 valence electrons. The van der Waals surface area contributed by atoms with E-state index < -0.39 is 6.10 Å². The molecule has 0 heterocycles. The van der Waals surface area contributed by atoms with Gasteiger partial charge in [-0.3, -0.25) is 14.4 Å². The van der Waals surface area contributed by atoms with Crippen LogP contribution in [0.4, 0.5) is 0 Å². The van der Waals surface area contributed by atoms with Crippen molar-refractivity contribution in [3.05, 3.63) is 72.9 Å². The summed E-state index contributed by atoms with van der Waals surface area (Å²) in [5.41, 5.74) is 0. The Bertz CT molecular complexity index is 1110. The molecular formula is C52H88O6. The van der Waals surface area contributed by atoms with E-state index in [-0.39, 0.29) is 37.5 Å². The van der Waals surface area contributed by atoms with E-state index in [0.29, 0.717) is 12.8 Å². The maximum Gasteiger partial charge on any atom is 0.306 e. The van der Waals surface area contributed by atoms with E-state index in [0.717, 1.165) is 122 Å². The van der Waals surface area contributed by atoms with Crippen LogP contribution in [0, 0.1) is 0 Å². The largest absolute Gasteiger partial charge is 0.462 e. The molecule has 0 aliphatic heterocycles. The highest BCUT2D eigenvalue weighted by Gasteiger charge is 2.19. The number of hydrogen-bond donors (Lipinski definition) is 0. The fourth-order valence-corrected chi connectivity index (χ4v) is 6.31. The summed E-state index contributed by atoms with van der Waals surface area (Å²) in [6.07, 6.45) is 57.4. The van der Waals surface area contributed by atoms with Gasteiger partial charge in [0, 0.05) is 19.3 Å². The number of unbranched alkanes of at least 4 members (excludes halogenated alkanes) is 19. The summed E-state index contributed by atoms with van der Waals surface area (Å²) < 4.78 is 16.7. The van der Waals surface area contributed by atoms with Crippen LogP contribution in [0.5, 0.6) is 0 Å². The molecule has 0 saturated carbocycles.